The first-order valence-corrected chi connectivity index (χ1v) is 12.3. The third-order valence-corrected chi connectivity index (χ3v) is 5.47. The second-order valence-electron chi connectivity index (χ2n) is 11.4. The molecule has 1 aliphatic heterocycles. The fourth-order valence-corrected chi connectivity index (χ4v) is 3.60. The number of alkyl halides is 2. The van der Waals surface area contributed by atoms with Gasteiger partial charge in [0.05, 0.1) is 31.2 Å². The Hall–Kier alpha value is -2.14. The molecule has 208 valence electrons. The van der Waals surface area contributed by atoms with Crippen molar-refractivity contribution >= 4 is 23.6 Å². The van der Waals surface area contributed by atoms with Gasteiger partial charge in [0.15, 0.2) is 11.6 Å². The van der Waals surface area contributed by atoms with Gasteiger partial charge in [-0.25, -0.2) is 4.79 Å². The van der Waals surface area contributed by atoms with Gasteiger partial charge in [0.2, 0.25) is 5.91 Å². The molecule has 1 saturated heterocycles. The van der Waals surface area contributed by atoms with Crippen LogP contribution < -0.4 is 10.6 Å². The molecule has 1 aliphatic rings. The lowest BCUT2D eigenvalue weighted by molar-refractivity contribution is -0.152. The number of hydrogen-bond donors (Lipinski definition) is 2. The number of halogens is 2. The lowest BCUT2D eigenvalue weighted by Crippen LogP contribution is -2.50. The van der Waals surface area contributed by atoms with E-state index in [0.29, 0.717) is 6.42 Å². The minimum absolute atomic E-state index is 0.00538. The molecule has 36 heavy (non-hydrogen) atoms. The van der Waals surface area contributed by atoms with Gasteiger partial charge >= 0.3 is 12.7 Å². The lowest BCUT2D eigenvalue weighted by Gasteiger charge is -2.26. The number of nitrogens with one attached hydrogen (secondary N) is 2. The number of hydrogen-bond acceptors (Lipinski definition) is 7. The number of ketones is 2. The van der Waals surface area contributed by atoms with Gasteiger partial charge in [-0.1, -0.05) is 27.7 Å². The van der Waals surface area contributed by atoms with Gasteiger partial charge < -0.3 is 24.8 Å². The number of ether oxygens (including phenoxy) is 3. The maximum atomic E-state index is 13.1. The molecule has 0 aromatic heterocycles. The Morgan fingerprint density at radius 2 is 1.50 bits per heavy atom. The van der Waals surface area contributed by atoms with Crippen molar-refractivity contribution in [1.29, 1.82) is 0 Å². The average Bonchev–Trinajstić information content (AvgIpc) is 3.45. The van der Waals surface area contributed by atoms with Crippen molar-refractivity contribution in [3.8, 4) is 0 Å². The van der Waals surface area contributed by atoms with Crippen LogP contribution in [0.2, 0.25) is 0 Å². The van der Waals surface area contributed by atoms with Crippen molar-refractivity contribution in [2.75, 3.05) is 13.2 Å². The van der Waals surface area contributed by atoms with Crippen LogP contribution in [0.1, 0.15) is 74.7 Å². The number of rotatable bonds is 15. The third-order valence-electron chi connectivity index (χ3n) is 5.47. The summed E-state index contributed by atoms with van der Waals surface area (Å²) in [6.07, 6.45) is -0.698. The predicted molar refractivity (Wildman–Crippen MR) is 128 cm³/mol. The van der Waals surface area contributed by atoms with Crippen molar-refractivity contribution < 1.29 is 42.2 Å². The van der Waals surface area contributed by atoms with Crippen LogP contribution in [0.3, 0.4) is 0 Å². The van der Waals surface area contributed by atoms with E-state index in [2.05, 4.69) is 15.4 Å². The molecule has 4 atom stereocenters. The summed E-state index contributed by atoms with van der Waals surface area (Å²) < 4.78 is 40.4. The van der Waals surface area contributed by atoms with Crippen molar-refractivity contribution in [1.82, 2.24) is 10.6 Å². The highest BCUT2D eigenvalue weighted by Gasteiger charge is 2.50. The first-order valence-electron chi connectivity index (χ1n) is 12.3. The fraction of sp³-hybridized carbons (Fsp3) is 0.840. The van der Waals surface area contributed by atoms with E-state index in [1.54, 1.807) is 27.7 Å². The van der Waals surface area contributed by atoms with Crippen molar-refractivity contribution in [3.05, 3.63) is 0 Å². The van der Waals surface area contributed by atoms with Gasteiger partial charge in [-0.3, -0.25) is 14.4 Å². The molecule has 2 amide bonds. The summed E-state index contributed by atoms with van der Waals surface area (Å²) in [6.45, 7) is 10.5. The van der Waals surface area contributed by atoms with Crippen LogP contribution in [0, 0.1) is 17.8 Å². The van der Waals surface area contributed by atoms with E-state index < -0.39 is 66.6 Å². The molecule has 0 radical (unpaired) electrons. The minimum Gasteiger partial charge on any atom is -0.444 e. The molecule has 1 fully saturated rings. The standard InChI is InChI=1S/C25H42F2N2O7/c1-14(2)9-17(29-23(33)36-24(5,6)7)19(30)11-16(12-34-22(26)27)21(32)28-18(10-15(3)4)20(31)25(8)13-35-25/h14-18,22H,9-13H2,1-8H3,(H,28,32)(H,29,33)/t16-,17-,18-,25+/m0/s1. The zero-order chi connectivity index (χ0) is 27.8. The van der Waals surface area contributed by atoms with Gasteiger partial charge in [0.25, 0.3) is 0 Å². The fourth-order valence-electron chi connectivity index (χ4n) is 3.60. The van der Waals surface area contributed by atoms with Gasteiger partial charge in [0, 0.05) is 6.42 Å². The molecular weight excluding hydrogens is 478 g/mol. The van der Waals surface area contributed by atoms with E-state index in [1.165, 1.54) is 0 Å². The third kappa shape index (κ3) is 11.7. The van der Waals surface area contributed by atoms with Gasteiger partial charge in [0.1, 0.15) is 11.2 Å². The Labute approximate surface area is 212 Å². The average molecular weight is 521 g/mol. The minimum atomic E-state index is -3.14. The zero-order valence-corrected chi connectivity index (χ0v) is 22.6. The Morgan fingerprint density at radius 3 is 1.94 bits per heavy atom. The highest BCUT2D eigenvalue weighted by atomic mass is 19.3. The Bertz CT molecular complexity index is 777. The maximum Gasteiger partial charge on any atom is 0.408 e. The van der Waals surface area contributed by atoms with E-state index >= 15 is 0 Å². The van der Waals surface area contributed by atoms with Crippen LogP contribution >= 0.6 is 0 Å². The molecule has 0 aromatic rings. The first-order chi connectivity index (χ1) is 16.4. The lowest BCUT2D eigenvalue weighted by atomic mass is 9.91. The Balaban J connectivity index is 3.03. The summed E-state index contributed by atoms with van der Waals surface area (Å²) in [6, 6.07) is -1.89. The van der Waals surface area contributed by atoms with Crippen LogP contribution in [-0.2, 0) is 28.6 Å². The number of alkyl carbamates (subject to hydrolysis) is 1. The first kappa shape index (κ1) is 31.9. The topological polar surface area (TPSA) is 123 Å². The second-order valence-corrected chi connectivity index (χ2v) is 11.4. The smallest absolute Gasteiger partial charge is 0.408 e. The number of carbonyl (C=O) groups is 4. The predicted octanol–water partition coefficient (Wildman–Crippen LogP) is 3.63. The van der Waals surface area contributed by atoms with Crippen molar-refractivity contribution in [2.45, 2.75) is 105 Å². The van der Waals surface area contributed by atoms with Crippen molar-refractivity contribution in [3.63, 3.8) is 0 Å². The molecule has 0 spiro atoms. The zero-order valence-electron chi connectivity index (χ0n) is 22.6. The molecule has 0 saturated carbocycles. The molecule has 2 N–H and O–H groups in total. The number of amides is 2. The van der Waals surface area contributed by atoms with E-state index in [-0.39, 0.29) is 30.6 Å². The molecule has 9 nitrogen and oxygen atoms in total. The van der Waals surface area contributed by atoms with Crippen LogP contribution in [0.4, 0.5) is 13.6 Å². The van der Waals surface area contributed by atoms with Gasteiger partial charge in [-0.15, -0.1) is 0 Å². The van der Waals surface area contributed by atoms with E-state index in [9.17, 15) is 28.0 Å². The SMILES string of the molecule is CC(C)C[C@H](NC(=O)OC(C)(C)C)C(=O)C[C@@H](COC(F)F)C(=O)N[C@@H](CC(C)C)C(=O)[C@@]1(C)CO1. The molecule has 0 unspecified atom stereocenters. The Morgan fingerprint density at radius 1 is 0.972 bits per heavy atom. The van der Waals surface area contributed by atoms with Gasteiger partial charge in [-0.2, -0.15) is 8.78 Å². The molecule has 11 heteroatoms. The second kappa shape index (κ2) is 13.4. The monoisotopic (exact) mass is 520 g/mol. The van der Waals surface area contributed by atoms with Crippen LogP contribution in [0.25, 0.3) is 0 Å². The van der Waals surface area contributed by atoms with Gasteiger partial charge in [-0.05, 0) is 52.4 Å². The van der Waals surface area contributed by atoms with E-state index in [0.717, 1.165) is 0 Å². The molecular formula is C25H42F2N2O7. The maximum absolute atomic E-state index is 13.1. The summed E-state index contributed by atoms with van der Waals surface area (Å²) in [4.78, 5) is 51.4. The van der Waals surface area contributed by atoms with Crippen molar-refractivity contribution in [2.24, 2.45) is 17.8 Å². The number of carbonyl (C=O) groups excluding carboxylic acids is 4. The number of Topliss-reactive ketones (excluding diaryl/α,β-unsaturated/α-hetero) is 2. The molecule has 0 aliphatic carbocycles. The quantitative estimate of drug-likeness (QED) is 0.316. The summed E-state index contributed by atoms with van der Waals surface area (Å²) in [5.74, 6) is -2.84. The summed E-state index contributed by atoms with van der Waals surface area (Å²) in [7, 11) is 0. The van der Waals surface area contributed by atoms with Crippen LogP contribution in [0.15, 0.2) is 0 Å². The van der Waals surface area contributed by atoms with Crippen LogP contribution in [0.5, 0.6) is 0 Å². The summed E-state index contributed by atoms with van der Waals surface area (Å²) >= 11 is 0. The van der Waals surface area contributed by atoms with E-state index in [1.807, 2.05) is 27.7 Å². The molecule has 0 aromatic carbocycles. The molecule has 0 bridgehead atoms. The molecule has 1 rings (SSSR count). The highest BCUT2D eigenvalue weighted by molar-refractivity contribution is 5.98. The highest BCUT2D eigenvalue weighted by Crippen LogP contribution is 2.30. The number of epoxide rings is 1. The van der Waals surface area contributed by atoms with Crippen LogP contribution in [-0.4, -0.2) is 66.7 Å². The molecule has 1 heterocycles. The Kier molecular flexibility index (Phi) is 11.9. The largest absolute Gasteiger partial charge is 0.444 e. The summed E-state index contributed by atoms with van der Waals surface area (Å²) in [5.41, 5.74) is -1.78. The van der Waals surface area contributed by atoms with E-state index in [4.69, 9.17) is 9.47 Å². The normalized spacial score (nSPS) is 20.1. The summed E-state index contributed by atoms with van der Waals surface area (Å²) in [5, 5.41) is 5.14.